The Morgan fingerprint density at radius 2 is 1.78 bits per heavy atom. The Bertz CT molecular complexity index is 627. The van der Waals surface area contributed by atoms with Crippen LogP contribution in [0.3, 0.4) is 0 Å². The number of hydrogen-bond acceptors (Lipinski definition) is 2. The van der Waals surface area contributed by atoms with Crippen molar-refractivity contribution in [1.82, 2.24) is 0 Å². The molecule has 0 amide bonds. The molecule has 18 heavy (non-hydrogen) atoms. The molecule has 0 unspecified atom stereocenters. The predicted octanol–water partition coefficient (Wildman–Crippen LogP) is 4.68. The summed E-state index contributed by atoms with van der Waals surface area (Å²) in [6.45, 7) is 4.06. The number of benzene rings is 2. The first kappa shape index (κ1) is 12.7. The van der Waals surface area contributed by atoms with Gasteiger partial charge >= 0.3 is 0 Å². The highest BCUT2D eigenvalue weighted by Gasteiger charge is 2.03. The summed E-state index contributed by atoms with van der Waals surface area (Å²) in [5, 5.41) is 12.2. The Morgan fingerprint density at radius 3 is 2.44 bits per heavy atom. The number of nitrogens with one attached hydrogen (secondary N) is 1. The van der Waals surface area contributed by atoms with Crippen LogP contribution in [-0.4, -0.2) is 0 Å². The zero-order valence-corrected chi connectivity index (χ0v) is 11.9. The predicted molar refractivity (Wildman–Crippen MR) is 78.1 cm³/mol. The SMILES string of the molecule is Cc1cc(C#N)ccc1Nc1cc(Br)ccc1C. The molecule has 2 aromatic carbocycles. The number of nitriles is 1. The van der Waals surface area contributed by atoms with Crippen LogP contribution in [0.5, 0.6) is 0 Å². The van der Waals surface area contributed by atoms with Crippen LogP contribution in [0.25, 0.3) is 0 Å². The third-order valence-electron chi connectivity index (χ3n) is 2.82. The van der Waals surface area contributed by atoms with Gasteiger partial charge in [0, 0.05) is 15.8 Å². The van der Waals surface area contributed by atoms with E-state index in [1.165, 1.54) is 5.56 Å². The number of aryl methyl sites for hydroxylation is 2. The average Bonchev–Trinajstić information content (AvgIpc) is 2.36. The van der Waals surface area contributed by atoms with Crippen LogP contribution in [0.2, 0.25) is 0 Å². The summed E-state index contributed by atoms with van der Waals surface area (Å²) < 4.78 is 1.04. The first-order chi connectivity index (χ1) is 8.60. The first-order valence-corrected chi connectivity index (χ1v) is 6.43. The Balaban J connectivity index is 2.34. The molecule has 3 heteroatoms. The maximum atomic E-state index is 8.85. The molecule has 0 spiro atoms. The molecular weight excluding hydrogens is 288 g/mol. The summed E-state index contributed by atoms with van der Waals surface area (Å²) in [5.41, 5.74) is 5.02. The van der Waals surface area contributed by atoms with E-state index in [1.807, 2.05) is 37.3 Å². The Labute approximate surface area is 115 Å². The highest BCUT2D eigenvalue weighted by atomic mass is 79.9. The number of rotatable bonds is 2. The third kappa shape index (κ3) is 2.72. The van der Waals surface area contributed by atoms with Gasteiger partial charge in [-0.3, -0.25) is 0 Å². The van der Waals surface area contributed by atoms with Crippen molar-refractivity contribution in [1.29, 1.82) is 5.26 Å². The molecule has 0 fully saturated rings. The quantitative estimate of drug-likeness (QED) is 0.874. The maximum absolute atomic E-state index is 8.85. The van der Waals surface area contributed by atoms with Crippen molar-refractivity contribution >= 4 is 27.3 Å². The average molecular weight is 301 g/mol. The molecule has 1 N–H and O–H groups in total. The zero-order chi connectivity index (χ0) is 13.1. The maximum Gasteiger partial charge on any atom is 0.0991 e. The monoisotopic (exact) mass is 300 g/mol. The van der Waals surface area contributed by atoms with Crippen molar-refractivity contribution in [3.63, 3.8) is 0 Å². The van der Waals surface area contributed by atoms with Gasteiger partial charge in [-0.1, -0.05) is 22.0 Å². The Hall–Kier alpha value is -1.79. The molecule has 0 heterocycles. The minimum Gasteiger partial charge on any atom is -0.355 e. The van der Waals surface area contributed by atoms with Crippen LogP contribution in [0.15, 0.2) is 40.9 Å². The van der Waals surface area contributed by atoms with Crippen LogP contribution in [0.4, 0.5) is 11.4 Å². The molecule has 0 aliphatic carbocycles. The van der Waals surface area contributed by atoms with Gasteiger partial charge in [0.25, 0.3) is 0 Å². The fourth-order valence-corrected chi connectivity index (χ4v) is 2.11. The van der Waals surface area contributed by atoms with Gasteiger partial charge in [0.1, 0.15) is 0 Å². The Kier molecular flexibility index (Phi) is 3.69. The van der Waals surface area contributed by atoms with Crippen LogP contribution < -0.4 is 5.32 Å². The van der Waals surface area contributed by atoms with Gasteiger partial charge in [0.05, 0.1) is 11.6 Å². The van der Waals surface area contributed by atoms with E-state index in [-0.39, 0.29) is 0 Å². The summed E-state index contributed by atoms with van der Waals surface area (Å²) in [6, 6.07) is 13.9. The van der Waals surface area contributed by atoms with Gasteiger partial charge in [-0.05, 0) is 55.3 Å². The molecular formula is C15H13BrN2. The summed E-state index contributed by atoms with van der Waals surface area (Å²) in [7, 11) is 0. The molecule has 0 saturated heterocycles. The molecule has 0 atom stereocenters. The number of hydrogen-bond donors (Lipinski definition) is 1. The van der Waals surface area contributed by atoms with Crippen molar-refractivity contribution in [2.24, 2.45) is 0 Å². The molecule has 90 valence electrons. The topological polar surface area (TPSA) is 35.8 Å². The lowest BCUT2D eigenvalue weighted by Crippen LogP contribution is -1.95. The smallest absolute Gasteiger partial charge is 0.0991 e. The Morgan fingerprint density at radius 1 is 1.00 bits per heavy atom. The summed E-state index contributed by atoms with van der Waals surface area (Å²) in [5.74, 6) is 0. The van der Waals surface area contributed by atoms with Crippen molar-refractivity contribution in [3.8, 4) is 6.07 Å². The van der Waals surface area contributed by atoms with Crippen molar-refractivity contribution in [2.45, 2.75) is 13.8 Å². The summed E-state index contributed by atoms with van der Waals surface area (Å²) >= 11 is 3.47. The van der Waals surface area contributed by atoms with Gasteiger partial charge in [0.2, 0.25) is 0 Å². The van der Waals surface area contributed by atoms with Gasteiger partial charge in [0.15, 0.2) is 0 Å². The van der Waals surface area contributed by atoms with E-state index in [9.17, 15) is 0 Å². The fraction of sp³-hybridized carbons (Fsp3) is 0.133. The minimum atomic E-state index is 0.684. The van der Waals surface area contributed by atoms with E-state index >= 15 is 0 Å². The van der Waals surface area contributed by atoms with Crippen LogP contribution in [0, 0.1) is 25.2 Å². The van der Waals surface area contributed by atoms with E-state index in [4.69, 9.17) is 5.26 Å². The molecule has 0 aliphatic rings. The van der Waals surface area contributed by atoms with Gasteiger partial charge < -0.3 is 5.32 Å². The van der Waals surface area contributed by atoms with Crippen LogP contribution in [-0.2, 0) is 0 Å². The van der Waals surface area contributed by atoms with Crippen molar-refractivity contribution in [2.75, 3.05) is 5.32 Å². The lowest BCUT2D eigenvalue weighted by Gasteiger charge is -2.12. The second kappa shape index (κ2) is 5.24. The molecule has 2 nitrogen and oxygen atoms in total. The standard InChI is InChI=1S/C15H13BrN2/c1-10-3-5-13(16)8-15(10)18-14-6-4-12(9-17)7-11(14)2/h3-8,18H,1-2H3. The second-order valence-electron chi connectivity index (χ2n) is 4.23. The van der Waals surface area contributed by atoms with Gasteiger partial charge in [-0.25, -0.2) is 0 Å². The fourth-order valence-electron chi connectivity index (χ4n) is 1.75. The molecule has 0 saturated carbocycles. The molecule has 0 aromatic heterocycles. The molecule has 2 aromatic rings. The highest BCUT2D eigenvalue weighted by Crippen LogP contribution is 2.26. The van der Waals surface area contributed by atoms with E-state index in [0.29, 0.717) is 5.56 Å². The number of halogens is 1. The largest absolute Gasteiger partial charge is 0.355 e. The van der Waals surface area contributed by atoms with Crippen LogP contribution in [0.1, 0.15) is 16.7 Å². The molecule has 2 rings (SSSR count). The third-order valence-corrected chi connectivity index (χ3v) is 3.32. The first-order valence-electron chi connectivity index (χ1n) is 5.64. The lowest BCUT2D eigenvalue weighted by molar-refractivity contribution is 1.37. The minimum absolute atomic E-state index is 0.684. The van der Waals surface area contributed by atoms with Crippen molar-refractivity contribution in [3.05, 3.63) is 57.6 Å². The summed E-state index contributed by atoms with van der Waals surface area (Å²) in [6.07, 6.45) is 0. The van der Waals surface area contributed by atoms with Gasteiger partial charge in [-0.15, -0.1) is 0 Å². The van der Waals surface area contributed by atoms with Crippen molar-refractivity contribution < 1.29 is 0 Å². The molecule has 0 radical (unpaired) electrons. The van der Waals surface area contributed by atoms with E-state index in [1.54, 1.807) is 0 Å². The lowest BCUT2D eigenvalue weighted by atomic mass is 10.1. The number of anilines is 2. The van der Waals surface area contributed by atoms with Crippen LogP contribution >= 0.6 is 15.9 Å². The zero-order valence-electron chi connectivity index (χ0n) is 10.3. The van der Waals surface area contributed by atoms with E-state index in [0.717, 1.165) is 21.4 Å². The second-order valence-corrected chi connectivity index (χ2v) is 5.14. The molecule has 0 bridgehead atoms. The van der Waals surface area contributed by atoms with E-state index < -0.39 is 0 Å². The van der Waals surface area contributed by atoms with E-state index in [2.05, 4.69) is 40.3 Å². The molecule has 0 aliphatic heterocycles. The highest BCUT2D eigenvalue weighted by molar-refractivity contribution is 9.10. The summed E-state index contributed by atoms with van der Waals surface area (Å²) in [4.78, 5) is 0. The normalized spacial score (nSPS) is 9.89. The number of nitrogens with zero attached hydrogens (tertiary/aromatic N) is 1. The van der Waals surface area contributed by atoms with Gasteiger partial charge in [-0.2, -0.15) is 5.26 Å².